The van der Waals surface area contributed by atoms with Crippen LogP contribution in [-0.2, 0) is 11.3 Å². The summed E-state index contributed by atoms with van der Waals surface area (Å²) in [6, 6.07) is -0.0704. The van der Waals surface area contributed by atoms with Gasteiger partial charge in [-0.15, -0.1) is 5.10 Å². The fourth-order valence-electron chi connectivity index (χ4n) is 1.000. The number of aliphatic hydroxyl groups is 1. The summed E-state index contributed by atoms with van der Waals surface area (Å²) in [4.78, 5) is 11.4. The Kier molecular flexibility index (Phi) is 4.17. The first-order valence-corrected chi connectivity index (χ1v) is 4.74. The van der Waals surface area contributed by atoms with Crippen molar-refractivity contribution in [3.63, 3.8) is 0 Å². The molecule has 1 heterocycles. The minimum absolute atomic E-state index is 0.0304. The molecule has 7 nitrogen and oxygen atoms in total. The molecule has 15 heavy (non-hydrogen) atoms. The molecule has 0 radical (unpaired) electrons. The first-order valence-electron chi connectivity index (χ1n) is 4.74. The molecule has 7 heteroatoms. The summed E-state index contributed by atoms with van der Waals surface area (Å²) >= 11 is 0. The summed E-state index contributed by atoms with van der Waals surface area (Å²) < 4.78 is 1.34. The highest BCUT2D eigenvalue weighted by Gasteiger charge is 2.14. The van der Waals surface area contributed by atoms with Gasteiger partial charge in [0.25, 0.3) is 0 Å². The number of carbonyl (C=O) groups is 1. The molecule has 0 spiro atoms. The molecule has 1 amide bonds. The molecule has 0 aromatic carbocycles. The van der Waals surface area contributed by atoms with E-state index in [0.29, 0.717) is 0 Å². The van der Waals surface area contributed by atoms with E-state index < -0.39 is 0 Å². The summed E-state index contributed by atoms with van der Waals surface area (Å²) in [5.74, 6) is -0.141. The minimum Gasteiger partial charge on any atom is -0.396 e. The van der Waals surface area contributed by atoms with E-state index in [2.05, 4.69) is 20.8 Å². The number of nitrogens with zero attached hydrogens (tertiary/aromatic N) is 4. The van der Waals surface area contributed by atoms with Crippen LogP contribution >= 0.6 is 0 Å². The fraction of sp³-hybridized carbons (Fsp3) is 0.750. The topological polar surface area (TPSA) is 92.9 Å². The van der Waals surface area contributed by atoms with Crippen LogP contribution in [0.15, 0.2) is 6.33 Å². The lowest BCUT2D eigenvalue weighted by Gasteiger charge is -2.18. The molecule has 0 aliphatic heterocycles. The van der Waals surface area contributed by atoms with Crippen LogP contribution in [0.3, 0.4) is 0 Å². The Morgan fingerprint density at radius 3 is 2.87 bits per heavy atom. The number of aliphatic hydroxyl groups excluding tert-OH is 1. The maximum absolute atomic E-state index is 11.4. The number of aromatic nitrogens is 4. The van der Waals surface area contributed by atoms with Crippen LogP contribution in [0.1, 0.15) is 13.8 Å². The van der Waals surface area contributed by atoms with Gasteiger partial charge in [0, 0.05) is 12.6 Å². The smallest absolute Gasteiger partial charge is 0.242 e. The lowest BCUT2D eigenvalue weighted by molar-refractivity contribution is -0.122. The molecule has 0 aliphatic carbocycles. The van der Waals surface area contributed by atoms with Gasteiger partial charge >= 0.3 is 0 Å². The van der Waals surface area contributed by atoms with E-state index in [9.17, 15) is 4.79 Å². The van der Waals surface area contributed by atoms with E-state index >= 15 is 0 Å². The van der Waals surface area contributed by atoms with Crippen molar-refractivity contribution in [3.8, 4) is 0 Å². The zero-order chi connectivity index (χ0) is 11.3. The predicted molar refractivity (Wildman–Crippen MR) is 51.7 cm³/mol. The predicted octanol–water partition coefficient (Wildman–Crippen LogP) is -1.19. The molecular formula is C8H15N5O2. The van der Waals surface area contributed by atoms with E-state index in [1.165, 1.54) is 11.0 Å². The zero-order valence-corrected chi connectivity index (χ0v) is 8.79. The molecule has 1 aromatic heterocycles. The maximum atomic E-state index is 11.4. The van der Waals surface area contributed by atoms with Gasteiger partial charge in [-0.25, -0.2) is 4.68 Å². The van der Waals surface area contributed by atoms with Crippen molar-refractivity contribution in [3.05, 3.63) is 6.33 Å². The Balaban J connectivity index is 2.36. The van der Waals surface area contributed by atoms with Crippen molar-refractivity contribution in [1.82, 2.24) is 25.5 Å². The van der Waals surface area contributed by atoms with Crippen LogP contribution in [0.25, 0.3) is 0 Å². The van der Waals surface area contributed by atoms with Gasteiger partial charge in [-0.2, -0.15) is 0 Å². The molecule has 84 valence electrons. The van der Waals surface area contributed by atoms with Gasteiger partial charge in [0.05, 0.1) is 0 Å². The average molecular weight is 213 g/mol. The Hall–Kier alpha value is -1.50. The van der Waals surface area contributed by atoms with Gasteiger partial charge in [0.1, 0.15) is 12.9 Å². The summed E-state index contributed by atoms with van der Waals surface area (Å²) in [5.41, 5.74) is 0. The molecule has 0 aliphatic rings. The summed E-state index contributed by atoms with van der Waals surface area (Å²) in [6.07, 6.45) is 1.37. The summed E-state index contributed by atoms with van der Waals surface area (Å²) in [6.45, 7) is 3.85. The van der Waals surface area contributed by atoms with Gasteiger partial charge in [0.15, 0.2) is 0 Å². The van der Waals surface area contributed by atoms with E-state index in [4.69, 9.17) is 5.11 Å². The first-order chi connectivity index (χ1) is 7.13. The van der Waals surface area contributed by atoms with Gasteiger partial charge in [-0.3, -0.25) is 4.79 Å². The number of carbonyl (C=O) groups excluding carboxylic acids is 1. The van der Waals surface area contributed by atoms with Gasteiger partial charge in [-0.1, -0.05) is 6.92 Å². The lowest BCUT2D eigenvalue weighted by Crippen LogP contribution is -2.40. The number of nitrogens with one attached hydrogen (secondary N) is 1. The van der Waals surface area contributed by atoms with E-state index in [0.717, 1.165) is 0 Å². The summed E-state index contributed by atoms with van der Waals surface area (Å²) in [5, 5.41) is 22.0. The van der Waals surface area contributed by atoms with Gasteiger partial charge < -0.3 is 10.4 Å². The molecule has 0 bridgehead atoms. The van der Waals surface area contributed by atoms with Crippen LogP contribution in [-0.4, -0.2) is 43.9 Å². The van der Waals surface area contributed by atoms with Crippen molar-refractivity contribution in [2.24, 2.45) is 5.92 Å². The van der Waals surface area contributed by atoms with Crippen molar-refractivity contribution in [2.75, 3.05) is 6.61 Å². The monoisotopic (exact) mass is 213 g/mol. The Morgan fingerprint density at radius 1 is 1.60 bits per heavy atom. The highest BCUT2D eigenvalue weighted by Crippen LogP contribution is 2.00. The summed E-state index contributed by atoms with van der Waals surface area (Å²) in [7, 11) is 0. The quantitative estimate of drug-likeness (QED) is 0.641. The van der Waals surface area contributed by atoms with E-state index in [1.54, 1.807) is 0 Å². The molecule has 1 rings (SSSR count). The molecule has 2 N–H and O–H groups in total. The van der Waals surface area contributed by atoms with Gasteiger partial charge in [0.2, 0.25) is 5.91 Å². The van der Waals surface area contributed by atoms with Crippen LogP contribution in [0.4, 0.5) is 0 Å². The Bertz CT molecular complexity index is 300. The molecule has 2 atom stereocenters. The largest absolute Gasteiger partial charge is 0.396 e. The molecule has 0 saturated heterocycles. The zero-order valence-electron chi connectivity index (χ0n) is 8.79. The average Bonchev–Trinajstić information content (AvgIpc) is 2.68. The SMILES string of the molecule is CC(CO)C(C)NC(=O)Cn1cnnn1. The molecule has 2 unspecified atom stereocenters. The van der Waals surface area contributed by atoms with E-state index in [-0.39, 0.29) is 31.0 Å². The van der Waals surface area contributed by atoms with E-state index in [1.807, 2.05) is 13.8 Å². The molecule has 0 fully saturated rings. The third-order valence-corrected chi connectivity index (χ3v) is 2.23. The highest BCUT2D eigenvalue weighted by molar-refractivity contribution is 5.75. The van der Waals surface area contributed by atoms with Crippen molar-refractivity contribution in [2.45, 2.75) is 26.4 Å². The number of amides is 1. The van der Waals surface area contributed by atoms with Crippen molar-refractivity contribution < 1.29 is 9.90 Å². The van der Waals surface area contributed by atoms with Crippen LogP contribution in [0, 0.1) is 5.92 Å². The number of tetrazole rings is 1. The van der Waals surface area contributed by atoms with Crippen LogP contribution in [0.5, 0.6) is 0 Å². The number of hydrogen-bond acceptors (Lipinski definition) is 5. The van der Waals surface area contributed by atoms with Crippen LogP contribution in [0.2, 0.25) is 0 Å². The third kappa shape index (κ3) is 3.62. The normalized spacial score (nSPS) is 14.6. The van der Waals surface area contributed by atoms with Crippen molar-refractivity contribution >= 4 is 5.91 Å². The number of hydrogen-bond donors (Lipinski definition) is 2. The second-order valence-corrected chi connectivity index (χ2v) is 3.52. The first kappa shape index (κ1) is 11.6. The third-order valence-electron chi connectivity index (χ3n) is 2.23. The molecule has 1 aromatic rings. The van der Waals surface area contributed by atoms with Gasteiger partial charge in [-0.05, 0) is 23.3 Å². The standard InChI is InChI=1S/C8H15N5O2/c1-6(4-14)7(2)10-8(15)3-13-5-9-11-12-13/h5-7,14H,3-4H2,1-2H3,(H,10,15). The minimum atomic E-state index is -0.171. The maximum Gasteiger partial charge on any atom is 0.242 e. The highest BCUT2D eigenvalue weighted by atomic mass is 16.3. The lowest BCUT2D eigenvalue weighted by atomic mass is 10.1. The Labute approximate surface area is 87.5 Å². The van der Waals surface area contributed by atoms with Crippen molar-refractivity contribution in [1.29, 1.82) is 0 Å². The Morgan fingerprint density at radius 2 is 2.33 bits per heavy atom. The fourth-order valence-corrected chi connectivity index (χ4v) is 1.000. The number of rotatable bonds is 5. The second kappa shape index (κ2) is 5.40. The molecular weight excluding hydrogens is 198 g/mol. The molecule has 0 saturated carbocycles. The van der Waals surface area contributed by atoms with Crippen LogP contribution < -0.4 is 5.32 Å². The second-order valence-electron chi connectivity index (χ2n) is 3.52.